The van der Waals surface area contributed by atoms with Gasteiger partial charge in [-0.25, -0.2) is 0 Å². The van der Waals surface area contributed by atoms with E-state index in [0.29, 0.717) is 42.6 Å². The molecule has 1 amide bonds. The van der Waals surface area contributed by atoms with Crippen molar-refractivity contribution in [2.24, 2.45) is 5.92 Å². The fourth-order valence-corrected chi connectivity index (χ4v) is 4.51. The fourth-order valence-electron chi connectivity index (χ4n) is 4.51. The predicted octanol–water partition coefficient (Wildman–Crippen LogP) is 1.89. The number of methoxy groups -OCH3 is 2. The van der Waals surface area contributed by atoms with Crippen LogP contribution in [0.3, 0.4) is 0 Å². The Labute approximate surface area is 192 Å². The Morgan fingerprint density at radius 3 is 2.45 bits per heavy atom. The maximum Gasteiger partial charge on any atom is 0.291 e. The average Bonchev–Trinajstić information content (AvgIpc) is 3.38. The molecule has 1 aromatic heterocycles. The lowest BCUT2D eigenvalue weighted by molar-refractivity contribution is -0.141. The SMILES string of the molecule is COc1cccc(C2C(C(=O)c3ccc(C)o3)C(=O)C(=O)N2CCN2CCOCC2)c1OC. The summed E-state index contributed by atoms with van der Waals surface area (Å²) in [4.78, 5) is 43.4. The zero-order valence-electron chi connectivity index (χ0n) is 19.0. The number of carbonyl (C=O) groups excluding carboxylic acids is 3. The quantitative estimate of drug-likeness (QED) is 0.337. The van der Waals surface area contributed by atoms with E-state index in [1.807, 2.05) is 0 Å². The molecule has 2 unspecified atom stereocenters. The number of furan rings is 1. The van der Waals surface area contributed by atoms with E-state index < -0.39 is 29.4 Å². The van der Waals surface area contributed by atoms with Crippen LogP contribution in [0.2, 0.25) is 0 Å². The average molecular weight is 456 g/mol. The van der Waals surface area contributed by atoms with Crippen molar-refractivity contribution < 1.29 is 33.0 Å². The van der Waals surface area contributed by atoms with Gasteiger partial charge < -0.3 is 23.5 Å². The van der Waals surface area contributed by atoms with Gasteiger partial charge >= 0.3 is 0 Å². The topological polar surface area (TPSA) is 98.5 Å². The summed E-state index contributed by atoms with van der Waals surface area (Å²) in [6.45, 7) is 5.31. The summed E-state index contributed by atoms with van der Waals surface area (Å²) in [6.07, 6.45) is 0. The third-order valence-electron chi connectivity index (χ3n) is 6.18. The minimum atomic E-state index is -1.24. The Bertz CT molecular complexity index is 1040. The number of ketones is 2. The second-order valence-corrected chi connectivity index (χ2v) is 8.10. The largest absolute Gasteiger partial charge is 0.493 e. The van der Waals surface area contributed by atoms with Crippen LogP contribution in [0.5, 0.6) is 11.5 Å². The van der Waals surface area contributed by atoms with Gasteiger partial charge in [0.25, 0.3) is 5.91 Å². The first-order valence-electron chi connectivity index (χ1n) is 10.9. The van der Waals surface area contributed by atoms with Crippen LogP contribution >= 0.6 is 0 Å². The van der Waals surface area contributed by atoms with E-state index in [1.54, 1.807) is 31.2 Å². The molecule has 4 rings (SSSR count). The Morgan fingerprint density at radius 1 is 1.06 bits per heavy atom. The molecule has 0 aliphatic carbocycles. The zero-order chi connectivity index (χ0) is 23.5. The first-order valence-corrected chi connectivity index (χ1v) is 10.9. The van der Waals surface area contributed by atoms with E-state index in [-0.39, 0.29) is 12.3 Å². The van der Waals surface area contributed by atoms with Crippen molar-refractivity contribution in [2.45, 2.75) is 13.0 Å². The first-order chi connectivity index (χ1) is 16.0. The summed E-state index contributed by atoms with van der Waals surface area (Å²) in [5.74, 6) is -1.74. The van der Waals surface area contributed by atoms with Crippen LogP contribution < -0.4 is 9.47 Å². The minimum absolute atomic E-state index is 0.0561. The summed E-state index contributed by atoms with van der Waals surface area (Å²) in [5, 5.41) is 0. The van der Waals surface area contributed by atoms with Crippen molar-refractivity contribution in [3.63, 3.8) is 0 Å². The van der Waals surface area contributed by atoms with Gasteiger partial charge in [-0.2, -0.15) is 0 Å². The summed E-state index contributed by atoms with van der Waals surface area (Å²) >= 11 is 0. The van der Waals surface area contributed by atoms with Gasteiger partial charge in [0.05, 0.1) is 33.5 Å². The van der Waals surface area contributed by atoms with Gasteiger partial charge in [-0.05, 0) is 25.1 Å². The maximum atomic E-state index is 13.4. The molecule has 0 saturated carbocycles. The van der Waals surface area contributed by atoms with Crippen molar-refractivity contribution in [1.82, 2.24) is 9.80 Å². The maximum absolute atomic E-state index is 13.4. The van der Waals surface area contributed by atoms with Crippen LogP contribution in [0, 0.1) is 12.8 Å². The lowest BCUT2D eigenvalue weighted by Crippen LogP contribution is -2.43. The van der Waals surface area contributed by atoms with Gasteiger partial charge in [0.2, 0.25) is 11.6 Å². The third kappa shape index (κ3) is 4.38. The van der Waals surface area contributed by atoms with Gasteiger partial charge in [-0.3, -0.25) is 19.3 Å². The second-order valence-electron chi connectivity index (χ2n) is 8.10. The number of benzene rings is 1. The molecular weight excluding hydrogens is 428 g/mol. The lowest BCUT2D eigenvalue weighted by atomic mass is 9.87. The highest BCUT2D eigenvalue weighted by Crippen LogP contribution is 2.44. The van der Waals surface area contributed by atoms with E-state index >= 15 is 0 Å². The molecule has 3 heterocycles. The summed E-state index contributed by atoms with van der Waals surface area (Å²) in [6, 6.07) is 7.59. The number of nitrogens with zero attached hydrogens (tertiary/aromatic N) is 2. The molecule has 1 aromatic carbocycles. The minimum Gasteiger partial charge on any atom is -0.493 e. The number of rotatable bonds is 8. The highest BCUT2D eigenvalue weighted by molar-refractivity contribution is 6.43. The van der Waals surface area contributed by atoms with Crippen molar-refractivity contribution in [2.75, 3.05) is 53.6 Å². The van der Waals surface area contributed by atoms with Crippen LogP contribution in [0.1, 0.15) is 27.9 Å². The Kier molecular flexibility index (Phi) is 6.80. The molecule has 9 nitrogen and oxygen atoms in total. The molecule has 2 saturated heterocycles. The van der Waals surface area contributed by atoms with Gasteiger partial charge in [0.1, 0.15) is 11.7 Å². The molecule has 0 N–H and O–H groups in total. The monoisotopic (exact) mass is 456 g/mol. The molecular formula is C24H28N2O7. The summed E-state index contributed by atoms with van der Waals surface area (Å²) in [5.41, 5.74) is 0.541. The Balaban J connectivity index is 1.74. The van der Waals surface area contributed by atoms with E-state index in [1.165, 1.54) is 25.2 Å². The number of hydrogen-bond donors (Lipinski definition) is 0. The van der Waals surface area contributed by atoms with Crippen LogP contribution in [0.15, 0.2) is 34.7 Å². The molecule has 0 spiro atoms. The molecule has 176 valence electrons. The number of morpholine rings is 1. The lowest BCUT2D eigenvalue weighted by Gasteiger charge is -2.32. The van der Waals surface area contributed by atoms with Gasteiger partial charge in [0.15, 0.2) is 17.3 Å². The predicted molar refractivity (Wildman–Crippen MR) is 118 cm³/mol. The van der Waals surface area contributed by atoms with E-state index in [0.717, 1.165) is 13.1 Å². The molecule has 2 aliphatic heterocycles. The number of para-hydroxylation sites is 1. The molecule has 2 atom stereocenters. The standard InChI is InChI=1S/C24H28N2O7/c1-15-7-8-17(33-15)21(27)19-20(16-5-4-6-18(30-2)23(16)31-3)26(24(29)22(19)28)10-9-25-11-13-32-14-12-25/h4-8,19-20H,9-14H2,1-3H3. The van der Waals surface area contributed by atoms with Crippen molar-refractivity contribution in [1.29, 1.82) is 0 Å². The Morgan fingerprint density at radius 2 is 1.82 bits per heavy atom. The van der Waals surface area contributed by atoms with Crippen LogP contribution in [-0.4, -0.2) is 80.9 Å². The van der Waals surface area contributed by atoms with E-state index in [2.05, 4.69) is 4.90 Å². The molecule has 0 bridgehead atoms. The first kappa shape index (κ1) is 23.0. The van der Waals surface area contributed by atoms with Gasteiger partial charge in [-0.15, -0.1) is 0 Å². The molecule has 0 radical (unpaired) electrons. The zero-order valence-corrected chi connectivity index (χ0v) is 19.0. The molecule has 2 aliphatic rings. The summed E-state index contributed by atoms with van der Waals surface area (Å²) < 4.78 is 21.9. The van der Waals surface area contributed by atoms with Crippen molar-refractivity contribution >= 4 is 17.5 Å². The number of Topliss-reactive ketones (excluding diaryl/α,β-unsaturated/α-hetero) is 2. The van der Waals surface area contributed by atoms with E-state index in [4.69, 9.17) is 18.6 Å². The number of amides is 1. The molecule has 2 fully saturated rings. The van der Waals surface area contributed by atoms with E-state index in [9.17, 15) is 14.4 Å². The van der Waals surface area contributed by atoms with Crippen LogP contribution in [0.4, 0.5) is 0 Å². The number of likely N-dealkylation sites (tertiary alicyclic amines) is 1. The highest BCUT2D eigenvalue weighted by atomic mass is 16.5. The third-order valence-corrected chi connectivity index (χ3v) is 6.18. The summed E-state index contributed by atoms with van der Waals surface area (Å²) in [7, 11) is 3.00. The molecule has 2 aromatic rings. The van der Waals surface area contributed by atoms with Crippen molar-refractivity contribution in [3.05, 3.63) is 47.4 Å². The normalized spacial score (nSPS) is 21.5. The van der Waals surface area contributed by atoms with Gasteiger partial charge in [0, 0.05) is 31.7 Å². The fraction of sp³-hybridized carbons (Fsp3) is 0.458. The van der Waals surface area contributed by atoms with Crippen LogP contribution in [0.25, 0.3) is 0 Å². The second kappa shape index (κ2) is 9.76. The van der Waals surface area contributed by atoms with Crippen LogP contribution in [-0.2, 0) is 14.3 Å². The highest BCUT2D eigenvalue weighted by Gasteiger charge is 2.53. The Hall–Kier alpha value is -3.17. The van der Waals surface area contributed by atoms with Crippen molar-refractivity contribution in [3.8, 4) is 11.5 Å². The van der Waals surface area contributed by atoms with Gasteiger partial charge in [-0.1, -0.05) is 12.1 Å². The molecule has 9 heteroatoms. The number of aryl methyl sites for hydroxylation is 1. The smallest absolute Gasteiger partial charge is 0.291 e. The molecule has 33 heavy (non-hydrogen) atoms. The number of ether oxygens (including phenoxy) is 3. The number of carbonyl (C=O) groups is 3. The number of hydrogen-bond acceptors (Lipinski definition) is 8.